The van der Waals surface area contributed by atoms with Crippen LogP contribution in [-0.4, -0.2) is 7.11 Å². The maximum absolute atomic E-state index is 5.46. The molecule has 0 saturated heterocycles. The van der Waals surface area contributed by atoms with Crippen molar-refractivity contribution in [3.05, 3.63) is 57.6 Å². The van der Waals surface area contributed by atoms with Crippen molar-refractivity contribution in [3.63, 3.8) is 0 Å². The molecule has 2 nitrogen and oxygen atoms in total. The number of methoxy groups -OCH3 is 1. The average molecular weight is 346 g/mol. The lowest BCUT2D eigenvalue weighted by atomic mass is 10.1. The summed E-state index contributed by atoms with van der Waals surface area (Å²) in [6.07, 6.45) is 2.71. The Labute approximate surface area is 134 Å². The van der Waals surface area contributed by atoms with Crippen LogP contribution in [0.15, 0.2) is 40.9 Å². The zero-order valence-electron chi connectivity index (χ0n) is 12.4. The molecule has 0 aliphatic heterocycles. The van der Waals surface area contributed by atoms with E-state index >= 15 is 0 Å². The molecule has 2 aromatic carbocycles. The van der Waals surface area contributed by atoms with E-state index < -0.39 is 0 Å². The van der Waals surface area contributed by atoms with Crippen LogP contribution in [-0.2, 0) is 6.54 Å². The van der Waals surface area contributed by atoms with E-state index in [1.807, 2.05) is 6.07 Å². The topological polar surface area (TPSA) is 21.3 Å². The average Bonchev–Trinajstić information content (AvgIpc) is 3.31. The number of hydrogen-bond donors (Lipinski definition) is 1. The maximum atomic E-state index is 5.46. The second-order valence-electron chi connectivity index (χ2n) is 5.67. The SMILES string of the molecule is COc1cc(Br)cc(C)c1NCc1ccc(C2CC2)cc1. The summed E-state index contributed by atoms with van der Waals surface area (Å²) in [7, 11) is 1.71. The van der Waals surface area contributed by atoms with Crippen LogP contribution < -0.4 is 10.1 Å². The standard InChI is InChI=1S/C18H20BrNO/c1-12-9-16(19)10-17(21-2)18(12)20-11-13-3-5-14(6-4-13)15-7-8-15/h3-6,9-10,15,20H,7-8,11H2,1-2H3. The number of aryl methyl sites for hydroxylation is 1. The van der Waals surface area contributed by atoms with Crippen molar-refractivity contribution in [2.24, 2.45) is 0 Å². The highest BCUT2D eigenvalue weighted by Gasteiger charge is 2.22. The Morgan fingerprint density at radius 3 is 2.52 bits per heavy atom. The molecule has 21 heavy (non-hydrogen) atoms. The molecule has 3 rings (SSSR count). The van der Waals surface area contributed by atoms with Crippen LogP contribution in [0.1, 0.15) is 35.4 Å². The quantitative estimate of drug-likeness (QED) is 0.798. The predicted octanol–water partition coefficient (Wildman–Crippen LogP) is 5.26. The van der Waals surface area contributed by atoms with E-state index in [9.17, 15) is 0 Å². The third-order valence-corrected chi connectivity index (χ3v) is 4.44. The molecule has 0 atom stereocenters. The fraction of sp³-hybridized carbons (Fsp3) is 0.333. The number of benzene rings is 2. The second-order valence-corrected chi connectivity index (χ2v) is 6.59. The molecule has 0 bridgehead atoms. The van der Waals surface area contributed by atoms with Gasteiger partial charge in [0.1, 0.15) is 5.75 Å². The summed E-state index contributed by atoms with van der Waals surface area (Å²) >= 11 is 3.50. The van der Waals surface area contributed by atoms with Crippen molar-refractivity contribution in [1.29, 1.82) is 0 Å². The Hall–Kier alpha value is -1.48. The molecule has 0 heterocycles. The molecule has 1 fully saturated rings. The molecule has 1 aliphatic carbocycles. The van der Waals surface area contributed by atoms with E-state index in [1.54, 1.807) is 7.11 Å². The van der Waals surface area contributed by atoms with Crippen molar-refractivity contribution in [2.75, 3.05) is 12.4 Å². The largest absolute Gasteiger partial charge is 0.495 e. The highest BCUT2D eigenvalue weighted by Crippen LogP contribution is 2.40. The summed E-state index contributed by atoms with van der Waals surface area (Å²) < 4.78 is 6.50. The first-order valence-electron chi connectivity index (χ1n) is 7.34. The number of halogens is 1. The third kappa shape index (κ3) is 3.41. The fourth-order valence-corrected chi connectivity index (χ4v) is 3.17. The van der Waals surface area contributed by atoms with E-state index in [-0.39, 0.29) is 0 Å². The van der Waals surface area contributed by atoms with Crippen LogP contribution in [0.5, 0.6) is 5.75 Å². The van der Waals surface area contributed by atoms with Gasteiger partial charge in [0, 0.05) is 11.0 Å². The van der Waals surface area contributed by atoms with Gasteiger partial charge in [-0.05, 0) is 54.5 Å². The predicted molar refractivity (Wildman–Crippen MR) is 91.2 cm³/mol. The summed E-state index contributed by atoms with van der Waals surface area (Å²) in [6, 6.07) is 13.1. The molecule has 1 saturated carbocycles. The van der Waals surface area contributed by atoms with Crippen LogP contribution in [0.3, 0.4) is 0 Å². The normalized spacial score (nSPS) is 14.0. The number of hydrogen-bond acceptors (Lipinski definition) is 2. The first-order valence-corrected chi connectivity index (χ1v) is 8.13. The number of rotatable bonds is 5. The van der Waals surface area contributed by atoms with E-state index in [2.05, 4.69) is 58.5 Å². The molecular formula is C18H20BrNO. The van der Waals surface area contributed by atoms with E-state index in [4.69, 9.17) is 4.74 Å². The minimum atomic E-state index is 0.809. The van der Waals surface area contributed by atoms with Crippen molar-refractivity contribution in [1.82, 2.24) is 0 Å². The number of ether oxygens (including phenoxy) is 1. The van der Waals surface area contributed by atoms with E-state index in [1.165, 1.54) is 29.5 Å². The zero-order chi connectivity index (χ0) is 14.8. The van der Waals surface area contributed by atoms with Crippen molar-refractivity contribution in [2.45, 2.75) is 32.2 Å². The van der Waals surface area contributed by atoms with Gasteiger partial charge in [-0.1, -0.05) is 40.2 Å². The first-order chi connectivity index (χ1) is 10.2. The molecule has 0 amide bonds. The molecule has 1 N–H and O–H groups in total. The van der Waals surface area contributed by atoms with Crippen LogP contribution in [0.25, 0.3) is 0 Å². The van der Waals surface area contributed by atoms with E-state index in [0.29, 0.717) is 0 Å². The summed E-state index contributed by atoms with van der Waals surface area (Å²) in [6.45, 7) is 2.90. The number of nitrogens with one attached hydrogen (secondary N) is 1. The molecular weight excluding hydrogens is 326 g/mol. The van der Waals surface area contributed by atoms with Gasteiger partial charge in [0.25, 0.3) is 0 Å². The van der Waals surface area contributed by atoms with Crippen LogP contribution in [0, 0.1) is 6.92 Å². The second kappa shape index (κ2) is 6.10. The maximum Gasteiger partial charge on any atom is 0.143 e. The lowest BCUT2D eigenvalue weighted by Gasteiger charge is -2.15. The lowest BCUT2D eigenvalue weighted by molar-refractivity contribution is 0.416. The fourth-order valence-electron chi connectivity index (χ4n) is 2.61. The molecule has 0 unspecified atom stereocenters. The Kier molecular flexibility index (Phi) is 4.20. The Morgan fingerprint density at radius 2 is 1.90 bits per heavy atom. The van der Waals surface area contributed by atoms with Crippen molar-refractivity contribution < 1.29 is 4.74 Å². The van der Waals surface area contributed by atoms with Gasteiger partial charge in [-0.3, -0.25) is 0 Å². The monoisotopic (exact) mass is 345 g/mol. The minimum Gasteiger partial charge on any atom is -0.495 e. The molecule has 0 aromatic heterocycles. The molecule has 110 valence electrons. The van der Waals surface area contributed by atoms with Gasteiger partial charge in [-0.15, -0.1) is 0 Å². The third-order valence-electron chi connectivity index (χ3n) is 3.98. The van der Waals surface area contributed by atoms with Crippen LogP contribution in [0.4, 0.5) is 5.69 Å². The smallest absolute Gasteiger partial charge is 0.143 e. The summed E-state index contributed by atoms with van der Waals surface area (Å²) in [5.74, 6) is 1.69. The van der Waals surface area contributed by atoms with Gasteiger partial charge in [0.15, 0.2) is 0 Å². The van der Waals surface area contributed by atoms with E-state index in [0.717, 1.165) is 28.4 Å². The van der Waals surface area contributed by atoms with Gasteiger partial charge >= 0.3 is 0 Å². The van der Waals surface area contributed by atoms with Crippen molar-refractivity contribution >= 4 is 21.6 Å². The molecule has 0 spiro atoms. The highest BCUT2D eigenvalue weighted by atomic mass is 79.9. The molecule has 2 aromatic rings. The highest BCUT2D eigenvalue weighted by molar-refractivity contribution is 9.10. The Bertz CT molecular complexity index is 632. The van der Waals surface area contributed by atoms with Gasteiger partial charge < -0.3 is 10.1 Å². The lowest BCUT2D eigenvalue weighted by Crippen LogP contribution is -2.03. The zero-order valence-corrected chi connectivity index (χ0v) is 14.0. The summed E-state index contributed by atoms with van der Waals surface area (Å²) in [5, 5.41) is 3.49. The summed E-state index contributed by atoms with van der Waals surface area (Å²) in [4.78, 5) is 0. The van der Waals surface area contributed by atoms with Gasteiger partial charge in [-0.2, -0.15) is 0 Å². The van der Waals surface area contributed by atoms with Gasteiger partial charge in [0.05, 0.1) is 12.8 Å². The minimum absolute atomic E-state index is 0.809. The molecule has 3 heteroatoms. The molecule has 1 aliphatic rings. The molecule has 0 radical (unpaired) electrons. The van der Waals surface area contributed by atoms with Crippen LogP contribution >= 0.6 is 15.9 Å². The summed E-state index contributed by atoms with van der Waals surface area (Å²) in [5.41, 5.74) is 5.02. The number of anilines is 1. The Morgan fingerprint density at radius 1 is 1.19 bits per heavy atom. The van der Waals surface area contributed by atoms with Crippen molar-refractivity contribution in [3.8, 4) is 5.75 Å². The first kappa shape index (κ1) is 14.5. The van der Waals surface area contributed by atoms with Crippen LogP contribution in [0.2, 0.25) is 0 Å². The van der Waals surface area contributed by atoms with Gasteiger partial charge in [0.2, 0.25) is 0 Å². The Balaban J connectivity index is 1.72. The van der Waals surface area contributed by atoms with Gasteiger partial charge in [-0.25, -0.2) is 0 Å².